The first-order valence-corrected chi connectivity index (χ1v) is 12.6. The predicted molar refractivity (Wildman–Crippen MR) is 115 cm³/mol. The van der Waals surface area contributed by atoms with E-state index in [0.29, 0.717) is 17.5 Å². The van der Waals surface area contributed by atoms with Crippen LogP contribution in [0.3, 0.4) is 0 Å². The summed E-state index contributed by atoms with van der Waals surface area (Å²) >= 11 is 1.34. The normalized spacial score (nSPS) is 26.2. The number of hydrogen-bond acceptors (Lipinski definition) is 5. The van der Waals surface area contributed by atoms with Crippen molar-refractivity contribution in [3.8, 4) is 0 Å². The first-order valence-electron chi connectivity index (χ1n) is 9.87. The van der Waals surface area contributed by atoms with Gasteiger partial charge in [-0.3, -0.25) is 4.79 Å². The maximum Gasteiger partial charge on any atom is 0.232 e. The molecule has 29 heavy (non-hydrogen) atoms. The molecule has 0 unspecified atom stereocenters. The lowest BCUT2D eigenvalue weighted by atomic mass is 9.81. The molecule has 1 heterocycles. The summed E-state index contributed by atoms with van der Waals surface area (Å²) in [5, 5.41) is 5.18. The van der Waals surface area contributed by atoms with Gasteiger partial charge in [0.05, 0.1) is 5.41 Å². The summed E-state index contributed by atoms with van der Waals surface area (Å²) in [7, 11) is -3.73. The standard InChI is InChI=1S/C21H27FN2O3S2/c1-3-7-18(29(2,26)27)17(22)10-11-21(19(25)24-20-23-12-13-28-20)14-16(21)15-8-5-4-6-9-15/h3,7,10,12-13,15-16H,1,4-6,8-9,11,14H2,2H3,(H,23,24,25)/b17-10+,18-7+/t16-,21+/m0/s1. The van der Waals surface area contributed by atoms with Crippen LogP contribution in [0.4, 0.5) is 9.52 Å². The molecule has 0 aromatic carbocycles. The van der Waals surface area contributed by atoms with Gasteiger partial charge in [0.1, 0.15) is 10.7 Å². The third-order valence-electron chi connectivity index (χ3n) is 6.01. The average Bonchev–Trinajstić information content (AvgIpc) is 3.22. The third kappa shape index (κ3) is 5.04. The second-order valence-corrected chi connectivity index (χ2v) is 10.8. The van der Waals surface area contributed by atoms with Crippen molar-refractivity contribution in [2.24, 2.45) is 17.3 Å². The second kappa shape index (κ2) is 8.92. The molecule has 2 atom stereocenters. The van der Waals surface area contributed by atoms with Crippen molar-refractivity contribution < 1.29 is 17.6 Å². The minimum Gasteiger partial charge on any atom is -0.301 e. The van der Waals surface area contributed by atoms with Crippen LogP contribution in [-0.4, -0.2) is 25.6 Å². The van der Waals surface area contributed by atoms with Crippen LogP contribution >= 0.6 is 11.3 Å². The Morgan fingerprint density at radius 1 is 1.41 bits per heavy atom. The molecular formula is C21H27FN2O3S2. The van der Waals surface area contributed by atoms with Crippen molar-refractivity contribution in [1.82, 2.24) is 4.98 Å². The molecule has 0 bridgehead atoms. The van der Waals surface area contributed by atoms with Crippen LogP contribution < -0.4 is 5.32 Å². The van der Waals surface area contributed by atoms with Crippen molar-refractivity contribution in [2.75, 3.05) is 11.6 Å². The summed E-state index contributed by atoms with van der Waals surface area (Å²) < 4.78 is 38.5. The Morgan fingerprint density at radius 2 is 2.14 bits per heavy atom. The van der Waals surface area contributed by atoms with Crippen molar-refractivity contribution >= 4 is 32.2 Å². The summed E-state index contributed by atoms with van der Waals surface area (Å²) in [6, 6.07) is 0. The predicted octanol–water partition coefficient (Wildman–Crippen LogP) is 5.03. The van der Waals surface area contributed by atoms with E-state index in [4.69, 9.17) is 0 Å². The Balaban J connectivity index is 1.83. The van der Waals surface area contributed by atoms with Gasteiger partial charge in [-0.05, 0) is 36.8 Å². The van der Waals surface area contributed by atoms with Crippen LogP contribution in [-0.2, 0) is 14.6 Å². The molecule has 1 N–H and O–H groups in total. The highest BCUT2D eigenvalue weighted by Crippen LogP contribution is 2.62. The summed E-state index contributed by atoms with van der Waals surface area (Å²) in [6.07, 6.45) is 12.8. The lowest BCUT2D eigenvalue weighted by Gasteiger charge is -2.25. The molecule has 2 aliphatic carbocycles. The molecule has 3 rings (SSSR count). The minimum absolute atomic E-state index is 0.152. The number of nitrogens with one attached hydrogen (secondary N) is 1. The monoisotopic (exact) mass is 438 g/mol. The number of allylic oxidation sites excluding steroid dienone is 4. The van der Waals surface area contributed by atoms with Crippen molar-refractivity contribution in [1.29, 1.82) is 0 Å². The summed E-state index contributed by atoms with van der Waals surface area (Å²) in [5.74, 6) is -0.332. The molecule has 2 saturated carbocycles. The summed E-state index contributed by atoms with van der Waals surface area (Å²) in [6.45, 7) is 3.46. The fourth-order valence-corrected chi connectivity index (χ4v) is 5.75. The molecule has 0 saturated heterocycles. The van der Waals surface area contributed by atoms with Gasteiger partial charge in [0, 0.05) is 17.8 Å². The van der Waals surface area contributed by atoms with Gasteiger partial charge in [0.15, 0.2) is 15.0 Å². The number of sulfone groups is 1. The smallest absolute Gasteiger partial charge is 0.232 e. The Bertz CT molecular complexity index is 916. The van der Waals surface area contributed by atoms with Crippen LogP contribution in [0.2, 0.25) is 0 Å². The highest BCUT2D eigenvalue weighted by Gasteiger charge is 2.61. The van der Waals surface area contributed by atoms with E-state index in [1.165, 1.54) is 29.9 Å². The highest BCUT2D eigenvalue weighted by molar-refractivity contribution is 7.94. The lowest BCUT2D eigenvalue weighted by molar-refractivity contribution is -0.121. The van der Waals surface area contributed by atoms with Crippen LogP contribution in [0.25, 0.3) is 0 Å². The zero-order valence-corrected chi connectivity index (χ0v) is 18.2. The number of hydrogen-bond donors (Lipinski definition) is 1. The number of aromatic nitrogens is 1. The topological polar surface area (TPSA) is 76.1 Å². The number of anilines is 1. The minimum atomic E-state index is -3.73. The fourth-order valence-electron chi connectivity index (χ4n) is 4.44. The van der Waals surface area contributed by atoms with Crippen LogP contribution in [0, 0.1) is 17.3 Å². The molecule has 158 valence electrons. The van der Waals surface area contributed by atoms with Gasteiger partial charge in [0.2, 0.25) is 5.91 Å². The maximum atomic E-state index is 14.7. The van der Waals surface area contributed by atoms with E-state index in [1.807, 2.05) is 0 Å². The van der Waals surface area contributed by atoms with Crippen molar-refractivity contribution in [3.05, 3.63) is 47.1 Å². The van der Waals surface area contributed by atoms with Gasteiger partial charge >= 0.3 is 0 Å². The third-order valence-corrected chi connectivity index (χ3v) is 7.83. The molecule has 2 aliphatic rings. The Morgan fingerprint density at radius 3 is 2.72 bits per heavy atom. The van der Waals surface area contributed by atoms with E-state index >= 15 is 0 Å². The van der Waals surface area contributed by atoms with Gasteiger partial charge in [0.25, 0.3) is 0 Å². The van der Waals surface area contributed by atoms with E-state index in [9.17, 15) is 17.6 Å². The molecule has 1 aromatic rings. The van der Waals surface area contributed by atoms with Crippen molar-refractivity contribution in [2.45, 2.75) is 44.9 Å². The largest absolute Gasteiger partial charge is 0.301 e. The van der Waals surface area contributed by atoms with Crippen LogP contribution in [0.1, 0.15) is 44.9 Å². The zero-order chi connectivity index (χ0) is 21.1. The number of amides is 1. The van der Waals surface area contributed by atoms with Crippen molar-refractivity contribution in [3.63, 3.8) is 0 Å². The SMILES string of the molecule is C=C/C=C(\C(F)=C/C[C@@]1(C(=O)Nc2nccs2)C[C@H]1C1CCCCC1)S(C)(=O)=O. The quantitative estimate of drug-likeness (QED) is 0.578. The van der Waals surface area contributed by atoms with E-state index < -0.39 is 26.0 Å². The number of thiazole rings is 1. The summed E-state index contributed by atoms with van der Waals surface area (Å²) in [4.78, 5) is 16.8. The Hall–Kier alpha value is -1.80. The Labute approximate surface area is 175 Å². The highest BCUT2D eigenvalue weighted by atomic mass is 32.2. The maximum absolute atomic E-state index is 14.7. The molecule has 1 aromatic heterocycles. The second-order valence-electron chi connectivity index (χ2n) is 7.95. The van der Waals surface area contributed by atoms with Gasteiger partial charge in [-0.1, -0.05) is 44.8 Å². The first-order chi connectivity index (χ1) is 13.8. The number of nitrogens with zero attached hydrogens (tertiary/aromatic N) is 1. The molecule has 0 radical (unpaired) electrons. The van der Waals surface area contributed by atoms with Gasteiger partial charge < -0.3 is 5.32 Å². The van der Waals surface area contributed by atoms with E-state index in [2.05, 4.69) is 16.9 Å². The lowest BCUT2D eigenvalue weighted by Crippen LogP contribution is -2.28. The molecule has 1 amide bonds. The Kier molecular flexibility index (Phi) is 6.73. The van der Waals surface area contributed by atoms with Gasteiger partial charge in [-0.25, -0.2) is 17.8 Å². The van der Waals surface area contributed by atoms with Gasteiger partial charge in [-0.15, -0.1) is 11.3 Å². The van der Waals surface area contributed by atoms with E-state index in [-0.39, 0.29) is 18.2 Å². The molecule has 8 heteroatoms. The molecule has 2 fully saturated rings. The number of carbonyl (C=O) groups is 1. The molecular weight excluding hydrogens is 411 g/mol. The fraction of sp³-hybridized carbons (Fsp3) is 0.524. The number of rotatable bonds is 8. The number of halogens is 1. The molecule has 5 nitrogen and oxygen atoms in total. The van der Waals surface area contributed by atoms with Crippen LogP contribution in [0.5, 0.6) is 0 Å². The summed E-state index contributed by atoms with van der Waals surface area (Å²) in [5.41, 5.74) is -0.707. The first kappa shape index (κ1) is 21.9. The molecule has 0 aliphatic heterocycles. The van der Waals surface area contributed by atoms with Gasteiger partial charge in [-0.2, -0.15) is 0 Å². The van der Waals surface area contributed by atoms with E-state index in [1.54, 1.807) is 11.6 Å². The van der Waals surface area contributed by atoms with Crippen LogP contribution in [0.15, 0.2) is 47.1 Å². The van der Waals surface area contributed by atoms with E-state index in [0.717, 1.165) is 38.0 Å². The number of carbonyl (C=O) groups excluding carboxylic acids is 1. The molecule has 0 spiro atoms. The zero-order valence-electron chi connectivity index (χ0n) is 16.6. The average molecular weight is 439 g/mol.